The highest BCUT2D eigenvalue weighted by Crippen LogP contribution is 2.34. The van der Waals surface area contributed by atoms with E-state index in [4.69, 9.17) is 37.3 Å². The Labute approximate surface area is 487 Å². The topological polar surface area (TPSA) is 217 Å². The molecule has 14 nitrogen and oxygen atoms in total. The number of ether oxygens (including phenoxy) is 3. The molecule has 9 rings (SSSR count). The number of benzene rings is 9. The van der Waals surface area contributed by atoms with E-state index in [-0.39, 0.29) is 40.9 Å². The molecule has 0 aromatic heterocycles. The summed E-state index contributed by atoms with van der Waals surface area (Å²) in [6.45, 7) is 0. The lowest BCUT2D eigenvalue weighted by molar-refractivity contribution is -0.385. The van der Waals surface area contributed by atoms with Crippen molar-refractivity contribution in [3.05, 3.63) is 283 Å². The van der Waals surface area contributed by atoms with E-state index in [9.17, 15) is 74.1 Å². The van der Waals surface area contributed by atoms with Crippen molar-refractivity contribution in [3.63, 3.8) is 0 Å². The molecule has 0 saturated carbocycles. The molecule has 4 N–H and O–H groups in total. The first-order valence-corrected chi connectivity index (χ1v) is 25.2. The van der Waals surface area contributed by atoms with Gasteiger partial charge in [-0.15, -0.1) is 0 Å². The van der Waals surface area contributed by atoms with Crippen LogP contribution in [0.3, 0.4) is 0 Å². The monoisotopic (exact) mass is 1210 g/mol. The molecule has 9 aromatic carbocycles. The number of nitrogens with zero attached hydrogens (tertiary/aromatic N) is 2. The third-order valence-corrected chi connectivity index (χ3v) is 11.7. The van der Waals surface area contributed by atoms with Gasteiger partial charge in [0.2, 0.25) is 0 Å². The summed E-state index contributed by atoms with van der Waals surface area (Å²) in [6.07, 6.45) is -13.6. The number of Topliss-reactive ketones (excluding diaryl/α,β-unsaturated/α-hetero) is 2. The first kappa shape index (κ1) is 64.6. The number of ketones is 2. The van der Waals surface area contributed by atoms with Crippen LogP contribution in [0.1, 0.15) is 58.9 Å². The minimum Gasteiger partial charge on any atom is -0.457 e. The Bertz CT molecular complexity index is 3830. The van der Waals surface area contributed by atoms with Gasteiger partial charge in [-0.3, -0.25) is 34.6 Å². The number of nitrogen functional groups attached to an aromatic ring is 2. The minimum atomic E-state index is -4.52. The van der Waals surface area contributed by atoms with Crippen molar-refractivity contribution in [2.45, 2.75) is 31.4 Å². The van der Waals surface area contributed by atoms with E-state index in [1.165, 1.54) is 66.7 Å². The van der Waals surface area contributed by atoms with E-state index in [0.717, 1.165) is 42.5 Å². The predicted octanol–water partition coefficient (Wildman–Crippen LogP) is 17.4. The molecule has 0 amide bonds. The molecule has 24 heteroatoms. The lowest BCUT2D eigenvalue weighted by atomic mass is 10.0. The first-order chi connectivity index (χ1) is 40.6. The van der Waals surface area contributed by atoms with Gasteiger partial charge >= 0.3 is 18.5 Å². The molecule has 0 aliphatic rings. The van der Waals surface area contributed by atoms with Crippen LogP contribution in [0.25, 0.3) is 0 Å². The van der Waals surface area contributed by atoms with Gasteiger partial charge in [-0.2, -0.15) is 39.5 Å². The Kier molecular flexibility index (Phi) is 21.9. The number of carbonyl (C=O) groups is 3. The van der Waals surface area contributed by atoms with Crippen molar-refractivity contribution in [3.8, 4) is 34.5 Å². The predicted molar refractivity (Wildman–Crippen MR) is 302 cm³/mol. The zero-order valence-corrected chi connectivity index (χ0v) is 44.9. The number of halogens is 10. The number of nitro groups is 2. The van der Waals surface area contributed by atoms with Crippen LogP contribution in [0.15, 0.2) is 218 Å². The third kappa shape index (κ3) is 20.4. The number of non-ortho nitro benzene ring substituents is 2. The zero-order chi connectivity index (χ0) is 62.8. The quantitative estimate of drug-likeness (QED) is 0.0245. The average molecular weight is 1210 g/mol. The molecule has 0 radical (unpaired) electrons. The molecular formula is C62H44ClF9N4O10. The van der Waals surface area contributed by atoms with Crippen molar-refractivity contribution in [1.29, 1.82) is 0 Å². The van der Waals surface area contributed by atoms with Gasteiger partial charge in [-0.05, 0) is 144 Å². The van der Waals surface area contributed by atoms with Crippen LogP contribution in [0.2, 0.25) is 0 Å². The van der Waals surface area contributed by atoms with Crippen molar-refractivity contribution >= 4 is 51.2 Å². The maximum Gasteiger partial charge on any atom is 0.416 e. The van der Waals surface area contributed by atoms with Crippen LogP contribution in [0.5, 0.6) is 34.5 Å². The number of alkyl halides is 9. The fraction of sp³-hybridized carbons (Fsp3) is 0.0806. The molecule has 442 valence electrons. The Balaban J connectivity index is 0.000000192. The molecule has 86 heavy (non-hydrogen) atoms. The van der Waals surface area contributed by atoms with Crippen LogP contribution >= 0.6 is 11.6 Å². The van der Waals surface area contributed by atoms with Gasteiger partial charge in [0.25, 0.3) is 16.6 Å². The number of nitrogens with two attached hydrogens (primary N) is 2. The maximum atomic E-state index is 12.8. The Morgan fingerprint density at radius 1 is 0.384 bits per heavy atom. The molecule has 0 aliphatic carbocycles. The summed E-state index contributed by atoms with van der Waals surface area (Å²) in [5.74, 6) is 2.15. The standard InChI is InChI=1S/C21H14F3NO4.C21H16F3NO2.C12H10N2O3.C8H4ClF3O/c22-21(23,24)16-5-2-4-15(13-16)20(26)12-14-3-1-6-19(11-14)29-18-9-7-17(8-10-18)25(27)28;22-21(23,24)16-5-2-4-15(13-16)20(26)12-14-3-1-6-19(11-14)27-18-9-7-17(25)8-10-18;13-9-2-1-3-12(8-9)17-11-6-4-10(5-7-11)14(15)16;9-7(13)5-2-1-3-6(4-5)8(10,11)12/h1-11,13H,12H2;1-11,13H,12,25H2;1-8H,13H2;1-4H. The minimum absolute atomic E-state index is 0.0229. The Morgan fingerprint density at radius 2 is 0.698 bits per heavy atom. The molecule has 0 saturated heterocycles. The SMILES string of the molecule is Nc1ccc(Oc2cccc(CC(=O)c3cccc(C(F)(F)F)c3)c2)cc1.Nc1cccc(Oc2ccc([N+](=O)[O-])cc2)c1.O=C(Cc1cccc(Oc2ccc([N+](=O)[O-])cc2)c1)c1cccc(C(F)(F)F)c1.O=C(Cl)c1cccc(C(F)(F)F)c1. The second kappa shape index (κ2) is 29.1. The number of hydrogen-bond donors (Lipinski definition) is 2. The fourth-order valence-corrected chi connectivity index (χ4v) is 7.48. The molecule has 0 aliphatic heterocycles. The summed E-state index contributed by atoms with van der Waals surface area (Å²) < 4.78 is 130. The summed E-state index contributed by atoms with van der Waals surface area (Å²) >= 11 is 5.02. The molecule has 0 heterocycles. The van der Waals surface area contributed by atoms with E-state index < -0.39 is 61.9 Å². The summed E-state index contributed by atoms with van der Waals surface area (Å²) in [6, 6.07) is 51.2. The van der Waals surface area contributed by atoms with Gasteiger partial charge in [0.15, 0.2) is 11.6 Å². The smallest absolute Gasteiger partial charge is 0.416 e. The van der Waals surface area contributed by atoms with E-state index in [0.29, 0.717) is 57.0 Å². The van der Waals surface area contributed by atoms with Gasteiger partial charge in [-0.25, -0.2) is 0 Å². The third-order valence-electron chi connectivity index (χ3n) is 11.5. The van der Waals surface area contributed by atoms with E-state index in [2.05, 4.69) is 0 Å². The summed E-state index contributed by atoms with van der Waals surface area (Å²) in [4.78, 5) is 55.5. The highest BCUT2D eigenvalue weighted by Gasteiger charge is 2.33. The van der Waals surface area contributed by atoms with E-state index in [1.807, 2.05) is 0 Å². The maximum absolute atomic E-state index is 12.8. The van der Waals surface area contributed by atoms with Crippen LogP contribution in [0.4, 0.5) is 62.3 Å². The molecule has 0 unspecified atom stereocenters. The Morgan fingerprint density at radius 3 is 1.03 bits per heavy atom. The normalized spacial score (nSPS) is 11.0. The van der Waals surface area contributed by atoms with Crippen molar-refractivity contribution in [2.24, 2.45) is 0 Å². The molecule has 0 bridgehead atoms. The van der Waals surface area contributed by atoms with Gasteiger partial charge in [0, 0.05) is 71.2 Å². The summed E-state index contributed by atoms with van der Waals surface area (Å²) in [5, 5.41) is 20.2. The number of anilines is 2. The highest BCUT2D eigenvalue weighted by atomic mass is 35.5. The van der Waals surface area contributed by atoms with Crippen molar-refractivity contribution in [2.75, 3.05) is 11.5 Å². The van der Waals surface area contributed by atoms with Gasteiger partial charge in [0.05, 0.1) is 26.5 Å². The summed E-state index contributed by atoms with van der Waals surface area (Å²) in [7, 11) is 0. The highest BCUT2D eigenvalue weighted by molar-refractivity contribution is 6.67. The van der Waals surface area contributed by atoms with Crippen molar-refractivity contribution in [1.82, 2.24) is 0 Å². The van der Waals surface area contributed by atoms with Crippen LogP contribution < -0.4 is 25.7 Å². The average Bonchev–Trinajstić information content (AvgIpc) is 2.42. The molecule has 0 spiro atoms. The summed E-state index contributed by atoms with van der Waals surface area (Å²) in [5.41, 5.74) is 10.9. The molecule has 0 fully saturated rings. The molecular weight excluding hydrogens is 1170 g/mol. The fourth-order valence-electron chi connectivity index (χ4n) is 7.36. The first-order valence-electron chi connectivity index (χ1n) is 24.8. The second-order valence-corrected chi connectivity index (χ2v) is 18.3. The lowest BCUT2D eigenvalue weighted by Crippen LogP contribution is -2.09. The van der Waals surface area contributed by atoms with Gasteiger partial charge in [0.1, 0.15) is 34.5 Å². The lowest BCUT2D eigenvalue weighted by Gasteiger charge is -2.09. The molecule has 0 atom stereocenters. The Hall–Kier alpha value is -10.6. The molecule has 9 aromatic rings. The van der Waals surface area contributed by atoms with E-state index in [1.54, 1.807) is 109 Å². The number of hydrogen-bond acceptors (Lipinski definition) is 12. The van der Waals surface area contributed by atoms with Crippen LogP contribution in [-0.2, 0) is 31.4 Å². The number of rotatable bonds is 15. The van der Waals surface area contributed by atoms with Crippen LogP contribution in [-0.4, -0.2) is 26.7 Å². The van der Waals surface area contributed by atoms with Gasteiger partial charge < -0.3 is 25.7 Å². The second-order valence-electron chi connectivity index (χ2n) is 18.0. The number of carbonyl (C=O) groups excluding carboxylic acids is 3. The van der Waals surface area contributed by atoms with Crippen molar-refractivity contribution < 1.29 is 78.0 Å². The van der Waals surface area contributed by atoms with Gasteiger partial charge in [-0.1, -0.05) is 66.7 Å². The van der Waals surface area contributed by atoms with Crippen LogP contribution in [0, 0.1) is 20.2 Å². The zero-order valence-electron chi connectivity index (χ0n) is 44.1. The van der Waals surface area contributed by atoms with E-state index >= 15 is 0 Å². The largest absolute Gasteiger partial charge is 0.457 e. The number of nitro benzene ring substituents is 2.